The van der Waals surface area contributed by atoms with Gasteiger partial charge in [-0.2, -0.15) is 4.98 Å². The molecule has 0 saturated heterocycles. The fourth-order valence-corrected chi connectivity index (χ4v) is 3.33. The van der Waals surface area contributed by atoms with Crippen LogP contribution in [0.1, 0.15) is 36.3 Å². The zero-order valence-electron chi connectivity index (χ0n) is 16.3. The number of aromatic nitrogens is 4. The van der Waals surface area contributed by atoms with Crippen molar-refractivity contribution in [2.75, 3.05) is 20.8 Å². The van der Waals surface area contributed by atoms with Crippen molar-refractivity contribution in [3.05, 3.63) is 35.3 Å². The van der Waals surface area contributed by atoms with E-state index in [1.54, 1.807) is 14.2 Å². The Bertz CT molecular complexity index is 933. The van der Waals surface area contributed by atoms with Gasteiger partial charge in [-0.1, -0.05) is 6.92 Å². The predicted octanol–water partition coefficient (Wildman–Crippen LogP) is 4.02. The SMILES string of the molecule is CCC(COC)n1c(OC)nc2c(-c3cc(C)c(C)nc3C)ccnc21. The predicted molar refractivity (Wildman–Crippen MR) is 103 cm³/mol. The van der Waals surface area contributed by atoms with Gasteiger partial charge in [0.2, 0.25) is 0 Å². The molecule has 3 aromatic heterocycles. The number of imidazole rings is 1. The lowest BCUT2D eigenvalue weighted by Gasteiger charge is -2.18. The molecule has 3 aromatic rings. The molecule has 0 spiro atoms. The summed E-state index contributed by atoms with van der Waals surface area (Å²) in [5.74, 6) is 0. The quantitative estimate of drug-likeness (QED) is 0.669. The molecule has 6 heteroatoms. The molecule has 0 aliphatic heterocycles. The maximum atomic E-state index is 5.56. The van der Waals surface area contributed by atoms with Crippen LogP contribution in [0.3, 0.4) is 0 Å². The van der Waals surface area contributed by atoms with Crippen molar-refractivity contribution in [1.29, 1.82) is 0 Å². The van der Waals surface area contributed by atoms with E-state index in [-0.39, 0.29) is 6.04 Å². The average molecular weight is 354 g/mol. The monoisotopic (exact) mass is 354 g/mol. The molecule has 6 nitrogen and oxygen atoms in total. The Hall–Kier alpha value is -2.47. The summed E-state index contributed by atoms with van der Waals surface area (Å²) in [6, 6.07) is 4.83. The number of aryl methyl sites for hydroxylation is 3. The second-order valence-electron chi connectivity index (χ2n) is 6.54. The van der Waals surface area contributed by atoms with Crippen LogP contribution in [-0.4, -0.2) is 40.3 Å². The molecular weight excluding hydrogens is 328 g/mol. The Morgan fingerprint density at radius 2 is 1.85 bits per heavy atom. The molecule has 0 aliphatic carbocycles. The highest BCUT2D eigenvalue weighted by atomic mass is 16.5. The molecule has 138 valence electrons. The second kappa shape index (κ2) is 7.41. The second-order valence-corrected chi connectivity index (χ2v) is 6.54. The number of ether oxygens (including phenoxy) is 2. The first-order valence-corrected chi connectivity index (χ1v) is 8.86. The van der Waals surface area contributed by atoms with Gasteiger partial charge in [0.05, 0.1) is 19.8 Å². The molecule has 0 saturated carbocycles. The number of nitrogens with zero attached hydrogens (tertiary/aromatic N) is 4. The van der Waals surface area contributed by atoms with Gasteiger partial charge in [0, 0.05) is 35.8 Å². The molecule has 0 amide bonds. The van der Waals surface area contributed by atoms with E-state index in [9.17, 15) is 0 Å². The molecule has 1 unspecified atom stereocenters. The highest BCUT2D eigenvalue weighted by Gasteiger charge is 2.22. The zero-order chi connectivity index (χ0) is 18.8. The summed E-state index contributed by atoms with van der Waals surface area (Å²) >= 11 is 0. The van der Waals surface area contributed by atoms with Gasteiger partial charge in [-0.25, -0.2) is 4.98 Å². The van der Waals surface area contributed by atoms with E-state index in [0.29, 0.717) is 12.6 Å². The largest absolute Gasteiger partial charge is 0.468 e. The molecule has 1 atom stereocenters. The normalized spacial score (nSPS) is 12.5. The van der Waals surface area contributed by atoms with Crippen LogP contribution in [0.25, 0.3) is 22.3 Å². The highest BCUT2D eigenvalue weighted by Crippen LogP contribution is 2.34. The number of fused-ring (bicyclic) bond motifs is 1. The Labute approximate surface area is 154 Å². The summed E-state index contributed by atoms with van der Waals surface area (Å²) in [5, 5.41) is 0. The highest BCUT2D eigenvalue weighted by molar-refractivity contribution is 5.91. The van der Waals surface area contributed by atoms with Crippen molar-refractivity contribution in [2.24, 2.45) is 0 Å². The summed E-state index contributed by atoms with van der Waals surface area (Å²) in [6.07, 6.45) is 2.72. The van der Waals surface area contributed by atoms with Crippen molar-refractivity contribution in [3.8, 4) is 17.1 Å². The molecule has 26 heavy (non-hydrogen) atoms. The molecule has 0 bridgehead atoms. The first-order valence-electron chi connectivity index (χ1n) is 8.86. The van der Waals surface area contributed by atoms with Crippen molar-refractivity contribution >= 4 is 11.2 Å². The van der Waals surface area contributed by atoms with Crippen LogP contribution >= 0.6 is 0 Å². The van der Waals surface area contributed by atoms with Gasteiger partial charge in [0.25, 0.3) is 6.01 Å². The van der Waals surface area contributed by atoms with Gasteiger partial charge in [-0.3, -0.25) is 9.55 Å². The van der Waals surface area contributed by atoms with Gasteiger partial charge in [0.15, 0.2) is 5.65 Å². The lowest BCUT2D eigenvalue weighted by Crippen LogP contribution is -2.15. The number of rotatable bonds is 6. The van der Waals surface area contributed by atoms with Crippen LogP contribution in [0.15, 0.2) is 18.3 Å². The van der Waals surface area contributed by atoms with E-state index in [2.05, 4.69) is 29.9 Å². The minimum Gasteiger partial charge on any atom is -0.468 e. The molecule has 0 aliphatic rings. The third-order valence-corrected chi connectivity index (χ3v) is 4.87. The molecule has 3 rings (SSSR count). The van der Waals surface area contributed by atoms with Gasteiger partial charge in [0.1, 0.15) is 5.52 Å². The Morgan fingerprint density at radius 3 is 2.50 bits per heavy atom. The van der Waals surface area contributed by atoms with Crippen molar-refractivity contribution < 1.29 is 9.47 Å². The first kappa shape index (κ1) is 18.3. The fourth-order valence-electron chi connectivity index (χ4n) is 3.33. The summed E-state index contributed by atoms with van der Waals surface area (Å²) in [7, 11) is 3.34. The van der Waals surface area contributed by atoms with Crippen LogP contribution in [0.5, 0.6) is 6.01 Å². The fraction of sp³-hybridized carbons (Fsp3) is 0.450. The molecule has 3 heterocycles. The lowest BCUT2D eigenvalue weighted by molar-refractivity contribution is 0.149. The smallest absolute Gasteiger partial charge is 0.298 e. The summed E-state index contributed by atoms with van der Waals surface area (Å²) in [5.41, 5.74) is 6.92. The number of methoxy groups -OCH3 is 2. The Balaban J connectivity index is 2.27. The summed E-state index contributed by atoms with van der Waals surface area (Å²) in [4.78, 5) is 14.0. The van der Waals surface area contributed by atoms with Crippen LogP contribution < -0.4 is 4.74 Å². The summed E-state index contributed by atoms with van der Waals surface area (Å²) < 4.78 is 13.0. The zero-order valence-corrected chi connectivity index (χ0v) is 16.3. The number of hydrogen-bond acceptors (Lipinski definition) is 5. The standard InChI is InChI=1S/C20H26N4O2/c1-7-15(11-25-5)24-19-18(23-20(24)26-6)16(8-9-21-19)17-10-12(2)13(3)22-14(17)4/h8-10,15H,7,11H2,1-6H3. The first-order chi connectivity index (χ1) is 12.5. The Kier molecular flexibility index (Phi) is 5.23. The van der Waals surface area contributed by atoms with E-state index in [1.165, 1.54) is 0 Å². The van der Waals surface area contributed by atoms with E-state index >= 15 is 0 Å². The van der Waals surface area contributed by atoms with Crippen LogP contribution in [0, 0.1) is 20.8 Å². The molecular formula is C20H26N4O2. The van der Waals surface area contributed by atoms with E-state index in [0.717, 1.165) is 45.7 Å². The Morgan fingerprint density at radius 1 is 1.08 bits per heavy atom. The van der Waals surface area contributed by atoms with Gasteiger partial charge < -0.3 is 9.47 Å². The van der Waals surface area contributed by atoms with Crippen molar-refractivity contribution in [2.45, 2.75) is 40.2 Å². The van der Waals surface area contributed by atoms with E-state index < -0.39 is 0 Å². The minimum atomic E-state index is 0.113. The third kappa shape index (κ3) is 3.05. The van der Waals surface area contributed by atoms with Gasteiger partial charge >= 0.3 is 0 Å². The van der Waals surface area contributed by atoms with Crippen molar-refractivity contribution in [1.82, 2.24) is 19.5 Å². The molecule has 0 fully saturated rings. The van der Waals surface area contributed by atoms with Crippen LogP contribution in [0.4, 0.5) is 0 Å². The molecule has 0 aromatic carbocycles. The van der Waals surface area contributed by atoms with Crippen LogP contribution in [0.2, 0.25) is 0 Å². The van der Waals surface area contributed by atoms with E-state index in [4.69, 9.17) is 14.5 Å². The minimum absolute atomic E-state index is 0.113. The topological polar surface area (TPSA) is 62.1 Å². The van der Waals surface area contributed by atoms with Crippen LogP contribution in [-0.2, 0) is 4.74 Å². The third-order valence-electron chi connectivity index (χ3n) is 4.87. The van der Waals surface area contributed by atoms with Gasteiger partial charge in [-0.15, -0.1) is 0 Å². The van der Waals surface area contributed by atoms with E-state index in [1.807, 2.05) is 30.7 Å². The lowest BCUT2D eigenvalue weighted by atomic mass is 10.0. The number of hydrogen-bond donors (Lipinski definition) is 0. The maximum absolute atomic E-state index is 5.56. The van der Waals surface area contributed by atoms with Crippen molar-refractivity contribution in [3.63, 3.8) is 0 Å². The number of pyridine rings is 2. The maximum Gasteiger partial charge on any atom is 0.298 e. The summed E-state index contributed by atoms with van der Waals surface area (Å²) in [6.45, 7) is 8.84. The average Bonchev–Trinajstić information content (AvgIpc) is 3.01. The molecule has 0 radical (unpaired) electrons. The van der Waals surface area contributed by atoms with Gasteiger partial charge in [-0.05, 0) is 44.9 Å². The molecule has 0 N–H and O–H groups in total.